The third-order valence-corrected chi connectivity index (χ3v) is 5.21. The molecule has 0 saturated heterocycles. The predicted octanol–water partition coefficient (Wildman–Crippen LogP) is 4.34. The number of aromatic nitrogens is 2. The Bertz CT molecular complexity index is 1230. The number of nitrogens with one attached hydrogen (secondary N) is 1. The number of methoxy groups -OCH3 is 2. The molecule has 1 amide bonds. The summed E-state index contributed by atoms with van der Waals surface area (Å²) in [6.07, 6.45) is 0. The van der Waals surface area contributed by atoms with Gasteiger partial charge in [-0.05, 0) is 42.8 Å². The van der Waals surface area contributed by atoms with E-state index in [-0.39, 0.29) is 5.91 Å². The Morgan fingerprint density at radius 2 is 1.77 bits per heavy atom. The number of rotatable bonds is 7. The van der Waals surface area contributed by atoms with Gasteiger partial charge in [-0.25, -0.2) is 4.98 Å². The molecule has 0 atom stereocenters. The summed E-state index contributed by atoms with van der Waals surface area (Å²) in [5.41, 5.74) is 4.85. The Morgan fingerprint density at radius 3 is 2.55 bits per heavy atom. The molecule has 6 heteroatoms. The summed E-state index contributed by atoms with van der Waals surface area (Å²) in [7, 11) is 3.11. The van der Waals surface area contributed by atoms with Gasteiger partial charge in [0.1, 0.15) is 5.82 Å². The topological polar surface area (TPSA) is 65.4 Å². The van der Waals surface area contributed by atoms with Crippen LogP contribution in [0.1, 0.15) is 27.3 Å². The second-order valence-corrected chi connectivity index (χ2v) is 7.34. The highest BCUT2D eigenvalue weighted by Crippen LogP contribution is 2.27. The smallest absolute Gasteiger partial charge is 0.251 e. The molecule has 4 rings (SSSR count). The molecule has 0 aliphatic heterocycles. The fraction of sp³-hybridized carbons (Fsp3) is 0.200. The molecular formula is C25H25N3O3. The lowest BCUT2D eigenvalue weighted by Crippen LogP contribution is -2.25. The van der Waals surface area contributed by atoms with E-state index < -0.39 is 0 Å². The molecule has 4 aromatic rings. The van der Waals surface area contributed by atoms with Gasteiger partial charge in [0.15, 0.2) is 11.5 Å². The number of imidazole rings is 1. The van der Waals surface area contributed by atoms with Crippen molar-refractivity contribution in [1.82, 2.24) is 14.9 Å². The highest BCUT2D eigenvalue weighted by molar-refractivity contribution is 5.94. The summed E-state index contributed by atoms with van der Waals surface area (Å²) in [5, 5.41) is 2.98. The van der Waals surface area contributed by atoms with Crippen LogP contribution < -0.4 is 14.8 Å². The van der Waals surface area contributed by atoms with Crippen molar-refractivity contribution >= 4 is 16.9 Å². The Kier molecular flexibility index (Phi) is 5.89. The van der Waals surface area contributed by atoms with Crippen molar-refractivity contribution in [3.8, 4) is 11.5 Å². The van der Waals surface area contributed by atoms with Gasteiger partial charge in [0.25, 0.3) is 5.91 Å². The van der Waals surface area contributed by atoms with E-state index >= 15 is 0 Å². The van der Waals surface area contributed by atoms with Crippen LogP contribution in [0.4, 0.5) is 0 Å². The molecule has 0 aliphatic rings. The molecule has 1 heterocycles. The van der Waals surface area contributed by atoms with E-state index in [1.807, 2.05) is 18.2 Å². The van der Waals surface area contributed by atoms with Crippen molar-refractivity contribution in [2.75, 3.05) is 14.2 Å². The molecule has 158 valence electrons. The van der Waals surface area contributed by atoms with Gasteiger partial charge >= 0.3 is 0 Å². The lowest BCUT2D eigenvalue weighted by atomic mass is 10.1. The summed E-state index contributed by atoms with van der Waals surface area (Å²) in [6, 6.07) is 21.5. The fourth-order valence-corrected chi connectivity index (χ4v) is 3.67. The van der Waals surface area contributed by atoms with Gasteiger partial charge in [0.05, 0.1) is 31.8 Å². The van der Waals surface area contributed by atoms with Crippen molar-refractivity contribution in [1.29, 1.82) is 0 Å². The van der Waals surface area contributed by atoms with Crippen molar-refractivity contribution in [3.63, 3.8) is 0 Å². The average Bonchev–Trinajstić information content (AvgIpc) is 3.14. The number of fused-ring (bicyclic) bond motifs is 1. The molecule has 0 fully saturated rings. The summed E-state index contributed by atoms with van der Waals surface area (Å²) in [6.45, 7) is 3.08. The molecule has 31 heavy (non-hydrogen) atoms. The largest absolute Gasteiger partial charge is 0.493 e. The monoisotopic (exact) mass is 415 g/mol. The number of hydrogen-bond donors (Lipinski definition) is 1. The third kappa shape index (κ3) is 4.38. The highest BCUT2D eigenvalue weighted by atomic mass is 16.5. The molecule has 1 aromatic heterocycles. The van der Waals surface area contributed by atoms with E-state index in [9.17, 15) is 4.79 Å². The van der Waals surface area contributed by atoms with Gasteiger partial charge in [0.2, 0.25) is 0 Å². The molecule has 0 saturated carbocycles. The van der Waals surface area contributed by atoms with Gasteiger partial charge in [-0.1, -0.05) is 42.0 Å². The number of hydrogen-bond acceptors (Lipinski definition) is 4. The maximum Gasteiger partial charge on any atom is 0.251 e. The Balaban J connectivity index is 1.59. The first-order valence-corrected chi connectivity index (χ1v) is 10.1. The zero-order valence-corrected chi connectivity index (χ0v) is 17.9. The van der Waals surface area contributed by atoms with Crippen LogP contribution in [-0.4, -0.2) is 29.7 Å². The number of carbonyl (C=O) groups excluding carboxylic acids is 1. The summed E-state index contributed by atoms with van der Waals surface area (Å²) in [5.74, 6) is 1.70. The van der Waals surface area contributed by atoms with E-state index in [1.165, 1.54) is 11.1 Å². The van der Waals surface area contributed by atoms with Crippen LogP contribution in [0, 0.1) is 6.92 Å². The first-order chi connectivity index (χ1) is 15.1. The zero-order chi connectivity index (χ0) is 21.8. The summed E-state index contributed by atoms with van der Waals surface area (Å²) in [4.78, 5) is 17.5. The first kappa shape index (κ1) is 20.5. The second-order valence-electron chi connectivity index (χ2n) is 7.34. The van der Waals surface area contributed by atoms with Crippen LogP contribution in [0.25, 0.3) is 11.0 Å². The standard InChI is InChI=1S/C25H25N3O3/c1-17-7-6-8-18(13-17)16-28-21-10-5-4-9-20(21)27-24(28)15-26-25(29)19-11-12-22(30-2)23(14-19)31-3/h4-14H,15-16H2,1-3H3,(H,26,29). The minimum Gasteiger partial charge on any atom is -0.493 e. The van der Waals surface area contributed by atoms with E-state index in [0.29, 0.717) is 30.2 Å². The van der Waals surface area contributed by atoms with Gasteiger partial charge in [-0.2, -0.15) is 0 Å². The number of para-hydroxylation sites is 2. The highest BCUT2D eigenvalue weighted by Gasteiger charge is 2.14. The van der Waals surface area contributed by atoms with E-state index in [1.54, 1.807) is 32.4 Å². The zero-order valence-electron chi connectivity index (χ0n) is 17.9. The third-order valence-electron chi connectivity index (χ3n) is 5.21. The van der Waals surface area contributed by atoms with Gasteiger partial charge in [-0.3, -0.25) is 4.79 Å². The minimum atomic E-state index is -0.199. The first-order valence-electron chi connectivity index (χ1n) is 10.1. The number of benzene rings is 3. The van der Waals surface area contributed by atoms with Crippen LogP contribution in [-0.2, 0) is 13.1 Å². The predicted molar refractivity (Wildman–Crippen MR) is 121 cm³/mol. The number of carbonyl (C=O) groups is 1. The molecule has 0 bridgehead atoms. The molecule has 1 N–H and O–H groups in total. The Morgan fingerprint density at radius 1 is 0.968 bits per heavy atom. The molecule has 3 aromatic carbocycles. The number of ether oxygens (including phenoxy) is 2. The molecule has 0 aliphatic carbocycles. The maximum atomic E-state index is 12.8. The average molecular weight is 415 g/mol. The second kappa shape index (κ2) is 8.92. The van der Waals surface area contributed by atoms with Crippen LogP contribution >= 0.6 is 0 Å². The van der Waals surface area contributed by atoms with Crippen LogP contribution in [0.15, 0.2) is 66.7 Å². The van der Waals surface area contributed by atoms with Crippen molar-refractivity contribution in [2.45, 2.75) is 20.0 Å². The van der Waals surface area contributed by atoms with E-state index in [0.717, 1.165) is 16.9 Å². The molecular weight excluding hydrogens is 390 g/mol. The normalized spacial score (nSPS) is 10.8. The lowest BCUT2D eigenvalue weighted by molar-refractivity contribution is 0.0949. The molecule has 0 unspecified atom stereocenters. The van der Waals surface area contributed by atoms with Gasteiger partial charge in [0, 0.05) is 12.1 Å². The van der Waals surface area contributed by atoms with E-state index in [2.05, 4.69) is 47.1 Å². The minimum absolute atomic E-state index is 0.199. The Hall–Kier alpha value is -3.80. The van der Waals surface area contributed by atoms with Gasteiger partial charge < -0.3 is 19.4 Å². The number of nitrogens with zero attached hydrogens (tertiary/aromatic N) is 2. The summed E-state index contributed by atoms with van der Waals surface area (Å²) < 4.78 is 12.7. The number of aryl methyl sites for hydroxylation is 1. The van der Waals surface area contributed by atoms with Crippen LogP contribution in [0.5, 0.6) is 11.5 Å². The lowest BCUT2D eigenvalue weighted by Gasteiger charge is -2.12. The van der Waals surface area contributed by atoms with Crippen molar-refractivity contribution in [3.05, 3.63) is 89.2 Å². The maximum absolute atomic E-state index is 12.8. The van der Waals surface area contributed by atoms with Crippen molar-refractivity contribution < 1.29 is 14.3 Å². The van der Waals surface area contributed by atoms with Crippen LogP contribution in [0.2, 0.25) is 0 Å². The summed E-state index contributed by atoms with van der Waals surface area (Å²) >= 11 is 0. The van der Waals surface area contributed by atoms with Crippen LogP contribution in [0.3, 0.4) is 0 Å². The van der Waals surface area contributed by atoms with E-state index in [4.69, 9.17) is 14.5 Å². The number of amides is 1. The quantitative estimate of drug-likeness (QED) is 0.488. The van der Waals surface area contributed by atoms with Crippen molar-refractivity contribution in [2.24, 2.45) is 0 Å². The molecule has 6 nitrogen and oxygen atoms in total. The molecule has 0 radical (unpaired) electrons. The molecule has 0 spiro atoms. The van der Waals surface area contributed by atoms with Gasteiger partial charge in [-0.15, -0.1) is 0 Å². The SMILES string of the molecule is COc1ccc(C(=O)NCc2nc3ccccc3n2Cc2cccc(C)c2)cc1OC. The Labute approximate surface area is 181 Å². The fourth-order valence-electron chi connectivity index (χ4n) is 3.67.